The summed E-state index contributed by atoms with van der Waals surface area (Å²) in [6.07, 6.45) is 4.13. The molecule has 21 heavy (non-hydrogen) atoms. The molecule has 0 spiro atoms. The first-order valence-electron chi connectivity index (χ1n) is 6.48. The fourth-order valence-electron chi connectivity index (χ4n) is 2.35. The minimum atomic E-state index is -1.19. The van der Waals surface area contributed by atoms with Crippen molar-refractivity contribution >= 4 is 5.97 Å². The lowest BCUT2D eigenvalue weighted by Gasteiger charge is -2.10. The van der Waals surface area contributed by atoms with Crippen LogP contribution in [0.2, 0.25) is 0 Å². The molecule has 2 aromatic heterocycles. The third kappa shape index (κ3) is 2.41. The van der Waals surface area contributed by atoms with Gasteiger partial charge in [0.25, 0.3) is 0 Å². The Kier molecular flexibility index (Phi) is 3.24. The molecular formula is C15H11N3O3. The Morgan fingerprint density at radius 3 is 3.05 bits per heavy atom. The van der Waals surface area contributed by atoms with E-state index in [9.17, 15) is 10.1 Å². The van der Waals surface area contributed by atoms with Gasteiger partial charge in [-0.05, 0) is 43.0 Å². The Morgan fingerprint density at radius 2 is 2.29 bits per heavy atom. The van der Waals surface area contributed by atoms with Crippen LogP contribution in [0, 0.1) is 11.3 Å². The Balaban J connectivity index is 2.03. The summed E-state index contributed by atoms with van der Waals surface area (Å²) in [5.41, 5.74) is 2.06. The van der Waals surface area contributed by atoms with Gasteiger partial charge in [0, 0.05) is 11.9 Å². The Bertz CT molecular complexity index is 765. The van der Waals surface area contributed by atoms with Crippen molar-refractivity contribution in [2.45, 2.75) is 19.3 Å². The number of nitriles is 1. The number of hydrogen-bond donors (Lipinski definition) is 1. The van der Waals surface area contributed by atoms with Crippen LogP contribution in [0.15, 0.2) is 24.4 Å². The standard InChI is InChI=1S/C15H11N3O3/c16-8-10-7-9-3-1-4-11(9)18-14(10)21-12-5-2-6-17-13(12)15(19)20/h2,5-7H,1,3-4H2,(H,19,20). The van der Waals surface area contributed by atoms with Gasteiger partial charge in [-0.15, -0.1) is 0 Å². The van der Waals surface area contributed by atoms with E-state index in [0.29, 0.717) is 5.56 Å². The van der Waals surface area contributed by atoms with Crippen LogP contribution in [0.1, 0.15) is 33.7 Å². The average Bonchev–Trinajstić information content (AvgIpc) is 2.94. The van der Waals surface area contributed by atoms with Crippen molar-refractivity contribution in [3.05, 3.63) is 46.9 Å². The number of carboxylic acids is 1. The number of aromatic nitrogens is 2. The highest BCUT2D eigenvalue weighted by Gasteiger charge is 2.20. The first-order valence-corrected chi connectivity index (χ1v) is 6.48. The van der Waals surface area contributed by atoms with Gasteiger partial charge in [0.1, 0.15) is 11.6 Å². The van der Waals surface area contributed by atoms with E-state index in [-0.39, 0.29) is 17.3 Å². The summed E-state index contributed by atoms with van der Waals surface area (Å²) in [4.78, 5) is 19.2. The van der Waals surface area contributed by atoms with Crippen molar-refractivity contribution in [2.75, 3.05) is 0 Å². The molecule has 0 amide bonds. The van der Waals surface area contributed by atoms with Crippen molar-refractivity contribution in [1.29, 1.82) is 5.26 Å². The molecule has 0 radical (unpaired) electrons. The SMILES string of the molecule is N#Cc1cc2c(nc1Oc1cccnc1C(=O)O)CCC2. The molecule has 2 heterocycles. The molecule has 6 heteroatoms. The monoisotopic (exact) mass is 281 g/mol. The fraction of sp³-hybridized carbons (Fsp3) is 0.200. The van der Waals surface area contributed by atoms with Crippen LogP contribution >= 0.6 is 0 Å². The highest BCUT2D eigenvalue weighted by Crippen LogP contribution is 2.30. The lowest BCUT2D eigenvalue weighted by Crippen LogP contribution is -2.04. The number of nitrogens with zero attached hydrogens (tertiary/aromatic N) is 3. The van der Waals surface area contributed by atoms with Crippen molar-refractivity contribution in [3.63, 3.8) is 0 Å². The molecular weight excluding hydrogens is 270 g/mol. The maximum atomic E-state index is 11.1. The highest BCUT2D eigenvalue weighted by atomic mass is 16.5. The number of aromatic carboxylic acids is 1. The highest BCUT2D eigenvalue weighted by molar-refractivity contribution is 5.88. The second-order valence-electron chi connectivity index (χ2n) is 4.67. The number of carboxylic acid groups (broad SMARTS) is 1. The number of hydrogen-bond acceptors (Lipinski definition) is 5. The number of carbonyl (C=O) groups is 1. The zero-order valence-electron chi connectivity index (χ0n) is 11.0. The Morgan fingerprint density at radius 1 is 1.43 bits per heavy atom. The summed E-state index contributed by atoms with van der Waals surface area (Å²) >= 11 is 0. The summed E-state index contributed by atoms with van der Waals surface area (Å²) in [6, 6.07) is 6.87. The van der Waals surface area contributed by atoms with E-state index < -0.39 is 5.97 Å². The summed E-state index contributed by atoms with van der Waals surface area (Å²) < 4.78 is 5.54. The van der Waals surface area contributed by atoms with Gasteiger partial charge in [0.2, 0.25) is 5.88 Å². The molecule has 0 saturated carbocycles. The number of fused-ring (bicyclic) bond motifs is 1. The van der Waals surface area contributed by atoms with E-state index in [1.165, 1.54) is 12.3 Å². The molecule has 1 aliphatic rings. The predicted molar refractivity (Wildman–Crippen MR) is 72.2 cm³/mol. The molecule has 0 aliphatic heterocycles. The van der Waals surface area contributed by atoms with Crippen LogP contribution in [0.5, 0.6) is 11.6 Å². The molecule has 2 aromatic rings. The number of ether oxygens (including phenoxy) is 1. The van der Waals surface area contributed by atoms with E-state index >= 15 is 0 Å². The zero-order chi connectivity index (χ0) is 14.8. The van der Waals surface area contributed by atoms with Gasteiger partial charge in [-0.1, -0.05) is 0 Å². The van der Waals surface area contributed by atoms with E-state index in [0.717, 1.165) is 30.5 Å². The quantitative estimate of drug-likeness (QED) is 0.927. The Labute approximate surface area is 120 Å². The molecule has 0 aromatic carbocycles. The van der Waals surface area contributed by atoms with Crippen LogP contribution in [-0.4, -0.2) is 21.0 Å². The topological polar surface area (TPSA) is 96.1 Å². The van der Waals surface area contributed by atoms with E-state index in [2.05, 4.69) is 9.97 Å². The molecule has 0 unspecified atom stereocenters. The van der Waals surface area contributed by atoms with Gasteiger partial charge in [-0.3, -0.25) is 0 Å². The lowest BCUT2D eigenvalue weighted by atomic mass is 10.1. The Hall–Kier alpha value is -2.94. The third-order valence-electron chi connectivity index (χ3n) is 3.32. The van der Waals surface area contributed by atoms with E-state index in [4.69, 9.17) is 9.84 Å². The van der Waals surface area contributed by atoms with Crippen LogP contribution in [0.25, 0.3) is 0 Å². The summed E-state index contributed by atoms with van der Waals surface area (Å²) in [5, 5.41) is 18.3. The molecule has 0 atom stereocenters. The van der Waals surface area contributed by atoms with Gasteiger partial charge >= 0.3 is 5.97 Å². The van der Waals surface area contributed by atoms with Crippen molar-refractivity contribution in [2.24, 2.45) is 0 Å². The van der Waals surface area contributed by atoms with E-state index in [1.807, 2.05) is 6.07 Å². The zero-order valence-corrected chi connectivity index (χ0v) is 11.0. The molecule has 6 nitrogen and oxygen atoms in total. The van der Waals surface area contributed by atoms with Gasteiger partial charge in [0.15, 0.2) is 11.4 Å². The molecule has 0 fully saturated rings. The normalized spacial score (nSPS) is 12.5. The number of pyridine rings is 2. The number of aryl methyl sites for hydroxylation is 2. The van der Waals surface area contributed by atoms with Crippen molar-refractivity contribution in [1.82, 2.24) is 9.97 Å². The average molecular weight is 281 g/mol. The minimum absolute atomic E-state index is 0.0759. The van der Waals surface area contributed by atoms with Gasteiger partial charge in [-0.2, -0.15) is 5.26 Å². The maximum Gasteiger partial charge on any atom is 0.358 e. The largest absolute Gasteiger partial charge is 0.476 e. The van der Waals surface area contributed by atoms with Gasteiger partial charge in [0.05, 0.1) is 0 Å². The first kappa shape index (κ1) is 13.1. The fourth-order valence-corrected chi connectivity index (χ4v) is 2.35. The molecule has 3 rings (SSSR count). The molecule has 1 aliphatic carbocycles. The van der Waals surface area contributed by atoms with Crippen molar-refractivity contribution in [3.8, 4) is 17.7 Å². The summed E-state index contributed by atoms with van der Waals surface area (Å²) in [5.74, 6) is -0.981. The van der Waals surface area contributed by atoms with Crippen LogP contribution in [0.3, 0.4) is 0 Å². The minimum Gasteiger partial charge on any atom is -0.476 e. The molecule has 1 N–H and O–H groups in total. The first-order chi connectivity index (χ1) is 10.2. The molecule has 0 bridgehead atoms. The second kappa shape index (κ2) is 5.21. The maximum absolute atomic E-state index is 11.1. The van der Waals surface area contributed by atoms with Crippen LogP contribution in [0.4, 0.5) is 0 Å². The summed E-state index contributed by atoms with van der Waals surface area (Å²) in [6.45, 7) is 0. The van der Waals surface area contributed by atoms with Gasteiger partial charge < -0.3 is 9.84 Å². The summed E-state index contributed by atoms with van der Waals surface area (Å²) in [7, 11) is 0. The van der Waals surface area contributed by atoms with Crippen molar-refractivity contribution < 1.29 is 14.6 Å². The lowest BCUT2D eigenvalue weighted by molar-refractivity contribution is 0.0687. The smallest absolute Gasteiger partial charge is 0.358 e. The van der Waals surface area contributed by atoms with Crippen LogP contribution < -0.4 is 4.74 Å². The van der Waals surface area contributed by atoms with E-state index in [1.54, 1.807) is 12.1 Å². The molecule has 0 saturated heterocycles. The molecule has 104 valence electrons. The second-order valence-corrected chi connectivity index (χ2v) is 4.67. The number of rotatable bonds is 3. The predicted octanol–water partition coefficient (Wildman–Crippen LogP) is 2.33. The van der Waals surface area contributed by atoms with Gasteiger partial charge in [-0.25, -0.2) is 14.8 Å². The van der Waals surface area contributed by atoms with Crippen LogP contribution in [-0.2, 0) is 12.8 Å². The third-order valence-corrected chi connectivity index (χ3v) is 3.32.